The van der Waals surface area contributed by atoms with E-state index in [9.17, 15) is 13.2 Å². The fourth-order valence-electron chi connectivity index (χ4n) is 15.8. The maximum absolute atomic E-state index is 12.5. The van der Waals surface area contributed by atoms with Crippen molar-refractivity contribution >= 4 is 15.8 Å². The summed E-state index contributed by atoms with van der Waals surface area (Å²) in [4.78, 5) is 15.0. The molecule has 8 aliphatic rings. The van der Waals surface area contributed by atoms with Crippen molar-refractivity contribution in [3.63, 3.8) is 0 Å². The molecule has 7 aliphatic carbocycles. The summed E-state index contributed by atoms with van der Waals surface area (Å²) in [5.74, 6) is 4.33. The van der Waals surface area contributed by atoms with Crippen LogP contribution in [0.3, 0.4) is 0 Å². The smallest absolute Gasteiger partial charge is 0.309 e. The summed E-state index contributed by atoms with van der Waals surface area (Å²) in [6, 6.07) is 0. The van der Waals surface area contributed by atoms with E-state index in [-0.39, 0.29) is 29.5 Å². The Kier molecular flexibility index (Phi) is 9.46. The highest BCUT2D eigenvalue weighted by Gasteiger charge is 2.70. The van der Waals surface area contributed by atoms with Crippen molar-refractivity contribution in [3.05, 3.63) is 35.5 Å². The van der Waals surface area contributed by atoms with Crippen LogP contribution >= 0.6 is 0 Å². The highest BCUT2D eigenvalue weighted by molar-refractivity contribution is 7.91. The summed E-state index contributed by atoms with van der Waals surface area (Å²) in [6.45, 7) is 26.5. The molecule has 0 amide bonds. The minimum atomic E-state index is -2.94. The van der Waals surface area contributed by atoms with Crippen molar-refractivity contribution in [1.82, 2.24) is 10.2 Å². The van der Waals surface area contributed by atoms with E-state index in [1.807, 2.05) is 6.92 Å². The molecular weight excluding hydrogens is 677 g/mol. The maximum atomic E-state index is 12.5. The van der Waals surface area contributed by atoms with Gasteiger partial charge in [0.1, 0.15) is 9.84 Å². The van der Waals surface area contributed by atoms with E-state index in [2.05, 4.69) is 70.5 Å². The second-order valence-electron chi connectivity index (χ2n) is 21.1. The zero-order chi connectivity index (χ0) is 37.9. The Balaban J connectivity index is 0.00000450. The van der Waals surface area contributed by atoms with Gasteiger partial charge in [-0.1, -0.05) is 58.9 Å². The summed E-state index contributed by atoms with van der Waals surface area (Å²) in [5.41, 5.74) is 5.79. The Morgan fingerprint density at radius 1 is 0.981 bits per heavy atom. The number of rotatable bonds is 9. The molecule has 53 heavy (non-hydrogen) atoms. The number of hydrogen-bond acceptors (Lipinski definition) is 6. The van der Waals surface area contributed by atoms with Gasteiger partial charge in [0, 0.05) is 26.3 Å². The van der Waals surface area contributed by atoms with Crippen LogP contribution in [0.15, 0.2) is 35.5 Å². The third kappa shape index (κ3) is 5.78. The van der Waals surface area contributed by atoms with Gasteiger partial charge in [-0.3, -0.25) is 4.79 Å². The Morgan fingerprint density at radius 3 is 2.36 bits per heavy atom. The lowest BCUT2D eigenvalue weighted by atomic mass is 9.33. The standard InChI is InChI=1S/C46H72N2O4S.H2/c1-10-52-41(49)39-33-27-30(28-34(33)39)35-14-18-43(6)37(42(35,4)5)15-19-45(8)38(43)12-11-36-40-32(29(2)3)13-20-46(40,22-21-44(36,45)7)47-23-26-48-24-16-31(17-25-48)53(9,50)51;/h14,27,31-34,36-40,47H,2,10-13,15-26,28H2,1,3-9H3;1H/t32-,33?,34?,36+,37-,38+,39?,40+,43-,44+,45+,46-;/m0./s1. The number of hydrogen-bond donors (Lipinski definition) is 1. The first-order valence-electron chi connectivity index (χ1n) is 21.8. The molecule has 6 nitrogen and oxygen atoms in total. The van der Waals surface area contributed by atoms with Crippen molar-refractivity contribution in [1.29, 1.82) is 0 Å². The van der Waals surface area contributed by atoms with Gasteiger partial charge in [-0.25, -0.2) is 8.42 Å². The number of piperidine rings is 1. The van der Waals surface area contributed by atoms with E-state index in [0.717, 1.165) is 51.4 Å². The van der Waals surface area contributed by atoms with Crippen LogP contribution < -0.4 is 5.32 Å². The van der Waals surface area contributed by atoms with Crippen LogP contribution in [0, 0.1) is 69.0 Å². The molecule has 5 saturated carbocycles. The topological polar surface area (TPSA) is 75.7 Å². The highest BCUT2D eigenvalue weighted by atomic mass is 32.2. The Morgan fingerprint density at radius 2 is 1.72 bits per heavy atom. The summed E-state index contributed by atoms with van der Waals surface area (Å²) >= 11 is 0. The molecule has 0 spiro atoms. The molecule has 1 N–H and O–H groups in total. The van der Waals surface area contributed by atoms with Crippen LogP contribution in [-0.2, 0) is 19.4 Å². The maximum Gasteiger partial charge on any atom is 0.309 e. The molecule has 0 bridgehead atoms. The monoisotopic (exact) mass is 751 g/mol. The molecule has 8 rings (SSSR count). The number of carbonyl (C=O) groups is 1. The van der Waals surface area contributed by atoms with Crippen molar-refractivity contribution < 1.29 is 19.4 Å². The van der Waals surface area contributed by atoms with Gasteiger partial charge in [0.25, 0.3) is 0 Å². The molecule has 0 aromatic heterocycles. The van der Waals surface area contributed by atoms with Gasteiger partial charge in [-0.15, -0.1) is 0 Å². The molecule has 1 heterocycles. The molecular formula is C46H74N2O4S. The first-order chi connectivity index (χ1) is 24.9. The largest absolute Gasteiger partial charge is 0.466 e. The Bertz CT molecular complexity index is 1680. The van der Waals surface area contributed by atoms with E-state index >= 15 is 0 Å². The van der Waals surface area contributed by atoms with E-state index < -0.39 is 9.84 Å². The SMILES string of the molecule is C=C(C)[C@@H]1CC[C@]2(NCCN3CCC(S(C)(=O)=O)CC3)CC[C@]3(C)[C@H](CC[C@@H]4[C@@]5(C)CC=C(C6=CC7C(C6)C7C(=O)OCC)C(C)(C)[C@@H]5CC[C@]43C)[C@@H]12.[HH]. The number of ether oxygens (including phenoxy) is 1. The first kappa shape index (κ1) is 38.4. The number of allylic oxidation sites excluding steroid dienone is 5. The molecule has 12 atom stereocenters. The lowest BCUT2D eigenvalue weighted by Crippen LogP contribution is -2.68. The number of nitrogens with one attached hydrogen (secondary N) is 1. The lowest BCUT2D eigenvalue weighted by Gasteiger charge is -2.72. The number of sulfone groups is 1. The summed E-state index contributed by atoms with van der Waals surface area (Å²) in [5, 5.41) is 4.12. The van der Waals surface area contributed by atoms with Crippen LogP contribution in [0.25, 0.3) is 0 Å². The van der Waals surface area contributed by atoms with Gasteiger partial charge in [0.15, 0.2) is 0 Å². The van der Waals surface area contributed by atoms with Gasteiger partial charge in [0.2, 0.25) is 0 Å². The highest BCUT2D eigenvalue weighted by Crippen LogP contribution is 2.77. The van der Waals surface area contributed by atoms with Crippen molar-refractivity contribution in [2.45, 2.75) is 136 Å². The van der Waals surface area contributed by atoms with E-state index in [4.69, 9.17) is 4.74 Å². The molecule has 298 valence electrons. The van der Waals surface area contributed by atoms with E-state index in [1.54, 1.807) is 5.57 Å². The van der Waals surface area contributed by atoms with Crippen molar-refractivity contribution in [2.75, 3.05) is 39.0 Å². The molecule has 0 aromatic rings. The first-order valence-corrected chi connectivity index (χ1v) is 23.8. The number of fused-ring (bicyclic) bond motifs is 8. The molecule has 1 aliphatic heterocycles. The number of likely N-dealkylation sites (tertiary alicyclic amines) is 1. The molecule has 7 heteroatoms. The van der Waals surface area contributed by atoms with Crippen LogP contribution in [0.4, 0.5) is 0 Å². The molecule has 3 unspecified atom stereocenters. The summed E-state index contributed by atoms with van der Waals surface area (Å²) < 4.78 is 29.7. The van der Waals surface area contributed by atoms with Crippen LogP contribution in [0.5, 0.6) is 0 Å². The number of esters is 1. The normalized spacial score (nSPS) is 46.2. The molecule has 1 saturated heterocycles. The van der Waals surface area contributed by atoms with Crippen molar-refractivity contribution in [2.24, 2.45) is 69.0 Å². The van der Waals surface area contributed by atoms with Crippen LogP contribution in [0.1, 0.15) is 127 Å². The molecule has 0 aromatic carbocycles. The van der Waals surface area contributed by atoms with Gasteiger partial charge in [-0.2, -0.15) is 0 Å². The zero-order valence-electron chi connectivity index (χ0n) is 34.6. The van der Waals surface area contributed by atoms with Gasteiger partial charge >= 0.3 is 5.97 Å². The number of carbonyl (C=O) groups excluding carboxylic acids is 1. The average molecular weight is 751 g/mol. The van der Waals surface area contributed by atoms with E-state index in [0.29, 0.717) is 58.4 Å². The van der Waals surface area contributed by atoms with Crippen LogP contribution in [-0.4, -0.2) is 69.1 Å². The fourth-order valence-corrected chi connectivity index (χ4v) is 16.9. The Hall–Kier alpha value is -1.44. The van der Waals surface area contributed by atoms with Gasteiger partial charge < -0.3 is 15.0 Å². The fraction of sp³-hybridized carbons (Fsp3) is 0.848. The number of nitrogens with zero attached hydrogens (tertiary/aromatic N) is 1. The summed E-state index contributed by atoms with van der Waals surface area (Å²) in [6.07, 6.45) is 20.8. The quantitative estimate of drug-likeness (QED) is 0.187. The third-order valence-corrected chi connectivity index (χ3v) is 20.4. The van der Waals surface area contributed by atoms with Gasteiger partial charge in [0.05, 0.1) is 17.8 Å². The second kappa shape index (κ2) is 13.0. The van der Waals surface area contributed by atoms with Crippen molar-refractivity contribution in [3.8, 4) is 0 Å². The average Bonchev–Trinajstić information content (AvgIpc) is 3.37. The Labute approximate surface area is 324 Å². The predicted octanol–water partition coefficient (Wildman–Crippen LogP) is 9.03. The molecule has 0 radical (unpaired) electrons. The summed E-state index contributed by atoms with van der Waals surface area (Å²) in [7, 11) is -2.94. The molecule has 6 fully saturated rings. The third-order valence-electron chi connectivity index (χ3n) is 18.7. The zero-order valence-corrected chi connectivity index (χ0v) is 35.4. The minimum Gasteiger partial charge on any atom is -0.466 e. The lowest BCUT2D eigenvalue weighted by molar-refractivity contribution is -0.221. The second-order valence-corrected chi connectivity index (χ2v) is 23.4. The van der Waals surface area contributed by atoms with E-state index in [1.165, 1.54) is 75.2 Å². The minimum absolute atomic E-state index is 0. The predicted molar refractivity (Wildman–Crippen MR) is 217 cm³/mol. The van der Waals surface area contributed by atoms with Crippen LogP contribution in [0.2, 0.25) is 0 Å². The van der Waals surface area contributed by atoms with Gasteiger partial charge in [-0.05, 0) is 178 Å².